The Morgan fingerprint density at radius 3 is 2.02 bits per heavy atom. The summed E-state index contributed by atoms with van der Waals surface area (Å²) in [6, 6.07) is 37.4. The number of fused-ring (bicyclic) bond motifs is 9. The third-order valence-corrected chi connectivity index (χ3v) is 9.13. The van der Waals surface area contributed by atoms with Gasteiger partial charge in [-0.2, -0.15) is 10.5 Å². The van der Waals surface area contributed by atoms with Crippen molar-refractivity contribution in [3.63, 3.8) is 0 Å². The van der Waals surface area contributed by atoms with Crippen molar-refractivity contribution in [2.75, 3.05) is 0 Å². The molecule has 0 amide bonds. The van der Waals surface area contributed by atoms with Gasteiger partial charge in [0.25, 0.3) is 0 Å². The molecule has 0 saturated carbocycles. The Hall–Kier alpha value is -6.48. The van der Waals surface area contributed by atoms with Gasteiger partial charge in [-0.1, -0.05) is 42.2 Å². The Balaban J connectivity index is 1.28. The smallest absolute Gasteiger partial charge is 0.135 e. The molecule has 3 aromatic heterocycles. The van der Waals surface area contributed by atoms with Crippen LogP contribution in [0, 0.1) is 40.4 Å². The lowest BCUT2D eigenvalue weighted by molar-refractivity contribution is 0.669. The van der Waals surface area contributed by atoms with Crippen LogP contribution in [0.1, 0.15) is 29.3 Å². The molecular formula is C41H24N4O. The fraction of sp³-hybridized carbons (Fsp3) is 0.0732. The highest BCUT2D eigenvalue weighted by Crippen LogP contribution is 2.38. The number of hydrogen-bond donors (Lipinski definition) is 0. The topological polar surface area (TPSA) is 70.6 Å². The normalized spacial score (nSPS) is 14.9. The molecule has 214 valence electrons. The number of nitrogens with zero attached hydrogens (tertiary/aromatic N) is 4. The van der Waals surface area contributed by atoms with Crippen LogP contribution in [0.15, 0.2) is 108 Å². The van der Waals surface area contributed by atoms with Crippen LogP contribution in [0.2, 0.25) is 0 Å². The predicted molar refractivity (Wildman–Crippen MR) is 184 cm³/mol. The molecule has 0 radical (unpaired) electrons. The van der Waals surface area contributed by atoms with Crippen molar-refractivity contribution in [1.29, 1.82) is 10.5 Å². The van der Waals surface area contributed by atoms with Gasteiger partial charge in [0.1, 0.15) is 11.2 Å². The number of benzene rings is 5. The average molecular weight is 589 g/mol. The van der Waals surface area contributed by atoms with Gasteiger partial charge in [-0.15, -0.1) is 0 Å². The first-order chi connectivity index (χ1) is 22.6. The van der Waals surface area contributed by atoms with E-state index in [0.717, 1.165) is 77.3 Å². The van der Waals surface area contributed by atoms with Gasteiger partial charge in [0.15, 0.2) is 0 Å². The zero-order chi connectivity index (χ0) is 30.9. The maximum atomic E-state index is 9.67. The number of aromatic nitrogens is 2. The molecule has 3 heterocycles. The Kier molecular flexibility index (Phi) is 5.51. The first kappa shape index (κ1) is 26.0. The lowest BCUT2D eigenvalue weighted by Gasteiger charge is -2.11. The summed E-state index contributed by atoms with van der Waals surface area (Å²) in [6.07, 6.45) is 4.91. The quantitative estimate of drug-likeness (QED) is 0.189. The monoisotopic (exact) mass is 588 g/mol. The minimum Gasteiger partial charge on any atom is -0.456 e. The van der Waals surface area contributed by atoms with Crippen LogP contribution in [0.25, 0.3) is 72.1 Å². The molecule has 0 spiro atoms. The molecule has 0 bridgehead atoms. The largest absolute Gasteiger partial charge is 0.456 e. The molecule has 0 aliphatic heterocycles. The third-order valence-electron chi connectivity index (χ3n) is 9.13. The molecule has 1 aliphatic carbocycles. The van der Waals surface area contributed by atoms with Gasteiger partial charge in [-0.25, -0.2) is 0 Å². The fourth-order valence-corrected chi connectivity index (χ4v) is 7.03. The minimum absolute atomic E-state index is 0.163. The second-order valence-electron chi connectivity index (χ2n) is 11.8. The van der Waals surface area contributed by atoms with E-state index < -0.39 is 0 Å². The van der Waals surface area contributed by atoms with Crippen molar-refractivity contribution in [1.82, 2.24) is 9.13 Å². The van der Waals surface area contributed by atoms with Gasteiger partial charge in [0.2, 0.25) is 0 Å². The highest BCUT2D eigenvalue weighted by molar-refractivity contribution is 6.11. The van der Waals surface area contributed by atoms with E-state index >= 15 is 0 Å². The summed E-state index contributed by atoms with van der Waals surface area (Å²) in [5, 5.41) is 24.5. The highest BCUT2D eigenvalue weighted by Gasteiger charge is 2.20. The molecular weight excluding hydrogens is 564 g/mol. The van der Waals surface area contributed by atoms with E-state index in [4.69, 9.17) is 4.42 Å². The summed E-state index contributed by atoms with van der Waals surface area (Å²) < 4.78 is 10.9. The van der Waals surface area contributed by atoms with Gasteiger partial charge in [-0.05, 0) is 85.8 Å². The molecule has 5 heteroatoms. The van der Waals surface area contributed by atoms with Gasteiger partial charge < -0.3 is 13.6 Å². The van der Waals surface area contributed by atoms with Crippen molar-refractivity contribution < 1.29 is 4.42 Å². The minimum atomic E-state index is 0.163. The lowest BCUT2D eigenvalue weighted by Crippen LogP contribution is -2.02. The van der Waals surface area contributed by atoms with E-state index in [1.165, 1.54) is 0 Å². The van der Waals surface area contributed by atoms with E-state index in [1.54, 1.807) is 0 Å². The van der Waals surface area contributed by atoms with Crippen LogP contribution < -0.4 is 0 Å². The molecule has 0 unspecified atom stereocenters. The number of nitriles is 2. The molecule has 0 fully saturated rings. The van der Waals surface area contributed by atoms with E-state index in [9.17, 15) is 10.5 Å². The van der Waals surface area contributed by atoms with Crippen LogP contribution in [0.4, 0.5) is 0 Å². The maximum Gasteiger partial charge on any atom is 0.135 e. The van der Waals surface area contributed by atoms with E-state index in [0.29, 0.717) is 17.5 Å². The zero-order valence-electron chi connectivity index (χ0n) is 24.9. The molecule has 0 saturated heterocycles. The number of rotatable bonds is 2. The van der Waals surface area contributed by atoms with Crippen LogP contribution in [0.3, 0.4) is 0 Å². The average Bonchev–Trinajstić information content (AvgIpc) is 3.72. The maximum absolute atomic E-state index is 9.67. The summed E-state index contributed by atoms with van der Waals surface area (Å²) >= 11 is 0. The molecule has 9 rings (SSSR count). The highest BCUT2D eigenvalue weighted by atomic mass is 16.3. The van der Waals surface area contributed by atoms with Crippen LogP contribution >= 0.6 is 0 Å². The third kappa shape index (κ3) is 3.75. The van der Waals surface area contributed by atoms with E-state index in [2.05, 4.69) is 88.6 Å². The summed E-state index contributed by atoms with van der Waals surface area (Å²) in [5.74, 6) is 6.89. The van der Waals surface area contributed by atoms with Crippen molar-refractivity contribution >= 4 is 60.7 Å². The van der Waals surface area contributed by atoms with Gasteiger partial charge in [-0.3, -0.25) is 0 Å². The summed E-state index contributed by atoms with van der Waals surface area (Å²) in [6.45, 7) is 2.10. The standard InChI is InChI=1S/C41H24N4O/c1-25-5-4-8-37-31(14-9-25)33-20-27(24-43)11-16-39(33)45(37)29-13-18-41-35(22-29)34-21-28(12-17-40(34)46-41)44-36-7-3-2-6-30(36)32-19-26(23-42)10-15-38(32)44/h2-3,6-7,9-22,25H,8H2,1H3/b14-9-/t25-/m0/s1. The van der Waals surface area contributed by atoms with E-state index in [-0.39, 0.29) is 5.92 Å². The van der Waals surface area contributed by atoms with Crippen molar-refractivity contribution in [3.8, 4) is 35.4 Å². The first-order valence-electron chi connectivity index (χ1n) is 15.3. The molecule has 5 nitrogen and oxygen atoms in total. The zero-order valence-corrected chi connectivity index (χ0v) is 24.9. The number of hydrogen-bond acceptors (Lipinski definition) is 3. The molecule has 8 aromatic rings. The Bertz CT molecular complexity index is 2780. The summed E-state index contributed by atoms with van der Waals surface area (Å²) in [7, 11) is 0. The van der Waals surface area contributed by atoms with Crippen molar-refractivity contribution in [2.24, 2.45) is 5.92 Å². The molecule has 46 heavy (non-hydrogen) atoms. The first-order valence-corrected chi connectivity index (χ1v) is 15.3. The second-order valence-corrected chi connectivity index (χ2v) is 11.8. The van der Waals surface area contributed by atoms with Crippen LogP contribution in [-0.4, -0.2) is 9.13 Å². The number of furan rings is 1. The second kappa shape index (κ2) is 9.76. The molecule has 0 N–H and O–H groups in total. The van der Waals surface area contributed by atoms with E-state index in [1.807, 2.05) is 60.7 Å². The molecule has 1 atom stereocenters. The molecule has 1 aliphatic rings. The lowest BCUT2D eigenvalue weighted by atomic mass is 10.0. The van der Waals surface area contributed by atoms with Crippen LogP contribution in [0.5, 0.6) is 0 Å². The number of para-hydroxylation sites is 1. The fourth-order valence-electron chi connectivity index (χ4n) is 7.03. The summed E-state index contributed by atoms with van der Waals surface area (Å²) in [5.41, 5.74) is 10.3. The Morgan fingerprint density at radius 2 is 1.30 bits per heavy atom. The Labute approximate surface area is 264 Å². The SMILES string of the molecule is C[C@H]1C#CCc2c(c3cc(C#N)ccc3n2-c2ccc3oc4ccc(-n5c6ccccc6c6cc(C#N)ccc65)cc4c3c2)/C=C\1. The number of allylic oxidation sites excluding steroid dienone is 1. The molecule has 5 aromatic carbocycles. The Morgan fingerprint density at radius 1 is 0.674 bits per heavy atom. The predicted octanol–water partition coefficient (Wildman–Crippen LogP) is 9.58. The van der Waals surface area contributed by atoms with Gasteiger partial charge in [0.05, 0.1) is 46.2 Å². The van der Waals surface area contributed by atoms with Crippen LogP contribution in [-0.2, 0) is 6.42 Å². The van der Waals surface area contributed by atoms with Crippen molar-refractivity contribution in [2.45, 2.75) is 13.3 Å². The van der Waals surface area contributed by atoms with Gasteiger partial charge >= 0.3 is 0 Å². The van der Waals surface area contributed by atoms with Crippen molar-refractivity contribution in [3.05, 3.63) is 126 Å². The van der Waals surface area contributed by atoms with Gasteiger partial charge in [0, 0.05) is 55.5 Å². The summed E-state index contributed by atoms with van der Waals surface area (Å²) in [4.78, 5) is 0.